The molecule has 9 heavy (non-hydrogen) atoms. The van der Waals surface area contributed by atoms with E-state index < -0.39 is 19.6 Å². The first-order valence-electron chi connectivity index (χ1n) is 5.71. The smallest absolute Gasteiger partial charge is 0.180 e. The molecule has 0 atom stereocenters. The molecule has 50 valence electrons. The molecule has 1 aromatic heterocycles. The van der Waals surface area contributed by atoms with Crippen LogP contribution in [0.5, 0.6) is 0 Å². The summed E-state index contributed by atoms with van der Waals surface area (Å²) < 4.78 is 50.9. The van der Waals surface area contributed by atoms with Crippen LogP contribution in [-0.2, 0) is 0 Å². The van der Waals surface area contributed by atoms with Crippen molar-refractivity contribution in [1.82, 2.24) is 4.98 Å². The molecule has 0 aliphatic carbocycles. The summed E-state index contributed by atoms with van der Waals surface area (Å²) in [6.07, 6.45) is 0. The quantitative estimate of drug-likeness (QED) is 0.662. The fraction of sp³-hybridized carbons (Fsp3) is 0.500. The highest BCUT2D eigenvalue weighted by Gasteiger charge is 2.01. The number of thiazole rings is 1. The summed E-state index contributed by atoms with van der Waals surface area (Å²) in [5.41, 5.74) is 4.98. The second kappa shape index (κ2) is 2.35. The molecular formula is C6H10N2S. The Bertz CT molecular complexity index is 365. The molecule has 0 aliphatic heterocycles. The van der Waals surface area contributed by atoms with Crippen molar-refractivity contribution in [2.24, 2.45) is 0 Å². The lowest BCUT2D eigenvalue weighted by Gasteiger charge is -1.94. The van der Waals surface area contributed by atoms with E-state index >= 15 is 0 Å². The summed E-state index contributed by atoms with van der Waals surface area (Å²) in [6, 6.07) is 0. The number of nitrogen functional groups attached to an aromatic ring is 1. The van der Waals surface area contributed by atoms with E-state index in [0.717, 1.165) is 11.3 Å². The third kappa shape index (κ3) is 1.42. The normalized spacial score (nSPS) is 26.0. The Labute approximate surface area is 68.6 Å². The van der Waals surface area contributed by atoms with Crippen molar-refractivity contribution in [2.75, 3.05) is 5.73 Å². The average Bonchev–Trinajstić information content (AvgIpc) is 2.46. The van der Waals surface area contributed by atoms with Crippen LogP contribution in [0.25, 0.3) is 0 Å². The van der Waals surface area contributed by atoms with E-state index in [-0.39, 0.29) is 10.8 Å². The van der Waals surface area contributed by atoms with Gasteiger partial charge in [-0.3, -0.25) is 0 Å². The number of hydrogen-bond donors (Lipinski definition) is 1. The molecule has 0 amide bonds. The van der Waals surface area contributed by atoms with Crippen molar-refractivity contribution in [3.63, 3.8) is 0 Å². The van der Waals surface area contributed by atoms with Gasteiger partial charge in [0.05, 0.1) is 5.69 Å². The highest BCUT2D eigenvalue weighted by Crippen LogP contribution is 2.18. The van der Waals surface area contributed by atoms with Crippen molar-refractivity contribution in [3.8, 4) is 0 Å². The van der Waals surface area contributed by atoms with Crippen molar-refractivity contribution in [1.29, 1.82) is 0 Å². The van der Waals surface area contributed by atoms with Gasteiger partial charge in [0.2, 0.25) is 0 Å². The molecule has 0 saturated heterocycles. The lowest BCUT2D eigenvalue weighted by molar-refractivity contribution is 0.834. The number of hydrogen-bond acceptors (Lipinski definition) is 3. The summed E-state index contributed by atoms with van der Waals surface area (Å²) in [4.78, 5) is 3.60. The highest BCUT2D eigenvalue weighted by molar-refractivity contribution is 7.13. The Hall–Kier alpha value is -0.570. The number of rotatable bonds is 1. The van der Waals surface area contributed by atoms with Crippen molar-refractivity contribution >= 4 is 16.5 Å². The zero-order valence-corrected chi connectivity index (χ0v) is 5.33. The zero-order chi connectivity index (χ0) is 12.8. The maximum absolute atomic E-state index is 7.74. The molecule has 0 unspecified atom stereocenters. The molecule has 1 aromatic rings. The van der Waals surface area contributed by atoms with Gasteiger partial charge in [-0.15, -0.1) is 11.3 Å². The Balaban J connectivity index is 3.38. The molecule has 0 aliphatic rings. The number of aromatic nitrogens is 1. The molecule has 3 heteroatoms. The first kappa shape index (κ1) is 1.95. The summed E-state index contributed by atoms with van der Waals surface area (Å²) in [7, 11) is 0. The molecule has 0 saturated carbocycles. The first-order chi connectivity index (χ1) is 7.00. The highest BCUT2D eigenvalue weighted by atomic mass is 32.1. The van der Waals surface area contributed by atoms with Crippen LogP contribution in [0.1, 0.15) is 34.9 Å². The van der Waals surface area contributed by atoms with Crippen molar-refractivity contribution < 1.29 is 9.60 Å². The molecular weight excluding hydrogens is 132 g/mol. The molecule has 1 rings (SSSR count). The maximum Gasteiger partial charge on any atom is 0.180 e. The van der Waals surface area contributed by atoms with Gasteiger partial charge in [-0.25, -0.2) is 4.98 Å². The molecule has 2 nitrogen and oxygen atoms in total. The van der Waals surface area contributed by atoms with Crippen LogP contribution in [0.3, 0.4) is 0 Å². The largest absolute Gasteiger partial charge is 0.375 e. The van der Waals surface area contributed by atoms with E-state index in [1.165, 1.54) is 5.38 Å². The Kier molecular flexibility index (Phi) is 0.511. The van der Waals surface area contributed by atoms with Crippen LogP contribution >= 0.6 is 11.3 Å². The van der Waals surface area contributed by atoms with Gasteiger partial charge < -0.3 is 5.73 Å². The van der Waals surface area contributed by atoms with Gasteiger partial charge in [0, 0.05) is 15.0 Å². The summed E-state index contributed by atoms with van der Waals surface area (Å²) in [5, 5.41) is 1.24. The summed E-state index contributed by atoms with van der Waals surface area (Å²) >= 11 is 0.910. The van der Waals surface area contributed by atoms with Gasteiger partial charge >= 0.3 is 0 Å². The van der Waals surface area contributed by atoms with Gasteiger partial charge in [-0.2, -0.15) is 0 Å². The number of anilines is 1. The van der Waals surface area contributed by atoms with Crippen molar-refractivity contribution in [3.05, 3.63) is 11.1 Å². The van der Waals surface area contributed by atoms with E-state index in [2.05, 4.69) is 4.98 Å². The van der Waals surface area contributed by atoms with Gasteiger partial charge in [-0.1, -0.05) is 13.7 Å². The first-order valence-corrected chi connectivity index (χ1v) is 3.09. The predicted octanol–water partition coefficient (Wildman–Crippen LogP) is 1.85. The monoisotopic (exact) mass is 149 g/mol. The molecule has 0 spiro atoms. The molecule has 1 heterocycles. The van der Waals surface area contributed by atoms with E-state index in [1.54, 1.807) is 0 Å². The van der Waals surface area contributed by atoms with Crippen LogP contribution in [0.4, 0.5) is 5.13 Å². The Morgan fingerprint density at radius 1 is 2.00 bits per heavy atom. The second-order valence-corrected chi connectivity index (χ2v) is 2.34. The summed E-state index contributed by atoms with van der Waals surface area (Å²) in [6.45, 7) is -6.00. The molecule has 2 N–H and O–H groups in total. The standard InChI is InChI=1S/C6H10N2S/c1-4(2)5-3-9-6(7)8-5/h3-4H,1-2H3,(H2,7,8)/i1D3,2D3,4D. The minimum absolute atomic E-state index is 0.0418. The van der Waals surface area contributed by atoms with E-state index in [9.17, 15) is 0 Å². The molecule has 0 fully saturated rings. The van der Waals surface area contributed by atoms with Gasteiger partial charge in [0.25, 0.3) is 0 Å². The SMILES string of the molecule is [2H]C([2H])([2H])C([2H])(c1csc(N)n1)C([2H])([2H])[2H]. The van der Waals surface area contributed by atoms with Gasteiger partial charge in [0.15, 0.2) is 5.13 Å². The lowest BCUT2D eigenvalue weighted by Crippen LogP contribution is -1.88. The third-order valence-corrected chi connectivity index (χ3v) is 1.45. The number of nitrogens with two attached hydrogens (primary N) is 1. The van der Waals surface area contributed by atoms with Gasteiger partial charge in [0.1, 0.15) is 0 Å². The topological polar surface area (TPSA) is 38.9 Å². The van der Waals surface area contributed by atoms with Crippen LogP contribution in [0, 0.1) is 0 Å². The maximum atomic E-state index is 7.74. The van der Waals surface area contributed by atoms with Crippen LogP contribution in [0.2, 0.25) is 0 Å². The fourth-order valence-electron chi connectivity index (χ4n) is 0.402. The van der Waals surface area contributed by atoms with Crippen LogP contribution in [0.15, 0.2) is 5.38 Å². The number of nitrogens with zero attached hydrogens (tertiary/aromatic N) is 1. The van der Waals surface area contributed by atoms with Crippen molar-refractivity contribution in [2.45, 2.75) is 19.6 Å². The van der Waals surface area contributed by atoms with E-state index in [4.69, 9.17) is 15.3 Å². The average molecular weight is 149 g/mol. The second-order valence-electron chi connectivity index (χ2n) is 1.45. The predicted molar refractivity (Wildman–Crippen MR) is 40.6 cm³/mol. The molecule has 0 radical (unpaired) electrons. The van der Waals surface area contributed by atoms with Crippen LogP contribution in [-0.4, -0.2) is 4.98 Å². The zero-order valence-electron chi connectivity index (χ0n) is 11.5. The van der Waals surface area contributed by atoms with Crippen LogP contribution < -0.4 is 5.73 Å². The minimum Gasteiger partial charge on any atom is -0.375 e. The minimum atomic E-state index is -3.00. The molecule has 0 aromatic carbocycles. The summed E-state index contributed by atoms with van der Waals surface area (Å²) in [5.74, 6) is -2.74. The Morgan fingerprint density at radius 2 is 2.78 bits per heavy atom. The van der Waals surface area contributed by atoms with Gasteiger partial charge in [-0.05, 0) is 5.89 Å². The Morgan fingerprint density at radius 3 is 3.22 bits per heavy atom. The molecule has 0 bridgehead atoms. The lowest BCUT2D eigenvalue weighted by atomic mass is 10.2. The third-order valence-electron chi connectivity index (χ3n) is 0.778. The van der Waals surface area contributed by atoms with E-state index in [1.807, 2.05) is 0 Å². The fourth-order valence-corrected chi connectivity index (χ4v) is 0.956. The van der Waals surface area contributed by atoms with E-state index in [0.29, 0.717) is 0 Å².